The number of nitrogens with one attached hydrogen (secondary N) is 2. The van der Waals surface area contributed by atoms with Crippen molar-refractivity contribution in [2.75, 3.05) is 33.2 Å². The van der Waals surface area contributed by atoms with E-state index in [0.717, 1.165) is 12.0 Å². The van der Waals surface area contributed by atoms with E-state index < -0.39 is 23.5 Å². The molecule has 0 bridgehead atoms. The Morgan fingerprint density at radius 1 is 1.10 bits per heavy atom. The zero-order chi connectivity index (χ0) is 28.7. The van der Waals surface area contributed by atoms with E-state index in [0.29, 0.717) is 31.1 Å². The summed E-state index contributed by atoms with van der Waals surface area (Å²) in [6, 6.07) is 8.69. The molecule has 2 aliphatic heterocycles. The van der Waals surface area contributed by atoms with Crippen LogP contribution in [0.4, 0.5) is 0 Å². The molecule has 1 aromatic carbocycles. The fraction of sp³-hybridized carbons (Fsp3) is 0.552. The van der Waals surface area contributed by atoms with Crippen LogP contribution in [0, 0.1) is 22.7 Å². The summed E-state index contributed by atoms with van der Waals surface area (Å²) < 4.78 is 5.98. The molecule has 10 nitrogen and oxygen atoms in total. The molecule has 214 valence electrons. The van der Waals surface area contributed by atoms with Crippen LogP contribution < -0.4 is 10.6 Å². The molecule has 2 aromatic rings. The van der Waals surface area contributed by atoms with Gasteiger partial charge in [-0.05, 0) is 24.3 Å². The first-order chi connectivity index (χ1) is 19.0. The number of carbonyl (C=O) groups is 4. The fourth-order valence-electron chi connectivity index (χ4n) is 5.96. The van der Waals surface area contributed by atoms with Crippen LogP contribution in [0.3, 0.4) is 0 Å². The zero-order valence-corrected chi connectivity index (χ0v) is 24.2. The van der Waals surface area contributed by atoms with Crippen LogP contribution in [0.25, 0.3) is 0 Å². The molecule has 2 N–H and O–H groups in total. The average molecular weight is 568 g/mol. The summed E-state index contributed by atoms with van der Waals surface area (Å²) >= 11 is 1.26. The standard InChI is InChI=1S/C29H37N5O5S/c1-18(39-13-19-8-6-5-7-9-19)23(25(36)30-4)32-24(35)21-12-33(27(38)22-11-31-17-40-22)14-29(21)15-34(16-29)26(37)20-10-28(20,2)3/h5-9,11,17-18,20-21,23H,10,12-16H2,1-4H3,(H,30,36)(H,32,35)/t18-,20-,21-,23+/m1/s1. The molecule has 3 heterocycles. The molecular formula is C29H37N5O5S. The topological polar surface area (TPSA) is 121 Å². The number of benzene rings is 1. The molecule has 40 heavy (non-hydrogen) atoms. The number of carbonyl (C=O) groups excluding carboxylic acids is 4. The third-order valence-electron chi connectivity index (χ3n) is 8.68. The first-order valence-electron chi connectivity index (χ1n) is 13.7. The van der Waals surface area contributed by atoms with E-state index in [1.54, 1.807) is 17.3 Å². The number of likely N-dealkylation sites (tertiary alicyclic amines) is 2. The van der Waals surface area contributed by atoms with Gasteiger partial charge in [-0.1, -0.05) is 44.2 Å². The third kappa shape index (κ3) is 5.49. The maximum atomic E-state index is 13.8. The molecule has 0 radical (unpaired) electrons. The number of ether oxygens (including phenoxy) is 1. The van der Waals surface area contributed by atoms with Crippen molar-refractivity contribution in [3.63, 3.8) is 0 Å². The van der Waals surface area contributed by atoms with E-state index in [-0.39, 0.29) is 41.5 Å². The van der Waals surface area contributed by atoms with Crippen LogP contribution in [-0.2, 0) is 25.7 Å². The van der Waals surface area contributed by atoms with E-state index in [1.807, 2.05) is 35.2 Å². The number of hydrogen-bond acceptors (Lipinski definition) is 7. The first kappa shape index (κ1) is 28.2. The highest BCUT2D eigenvalue weighted by atomic mass is 32.1. The van der Waals surface area contributed by atoms with E-state index in [1.165, 1.54) is 24.6 Å². The minimum atomic E-state index is -0.922. The highest BCUT2D eigenvalue weighted by Crippen LogP contribution is 2.54. The number of aromatic nitrogens is 1. The number of hydrogen-bond donors (Lipinski definition) is 2. The monoisotopic (exact) mass is 567 g/mol. The van der Waals surface area contributed by atoms with Gasteiger partial charge in [-0.15, -0.1) is 11.3 Å². The Hall–Kier alpha value is -3.31. The van der Waals surface area contributed by atoms with Gasteiger partial charge in [-0.2, -0.15) is 0 Å². The number of nitrogens with zero attached hydrogens (tertiary/aromatic N) is 3. The molecule has 1 spiro atoms. The third-order valence-corrected chi connectivity index (χ3v) is 9.44. The van der Waals surface area contributed by atoms with Gasteiger partial charge in [0.25, 0.3) is 5.91 Å². The number of rotatable bonds is 9. The van der Waals surface area contributed by atoms with Crippen molar-refractivity contribution < 1.29 is 23.9 Å². The minimum absolute atomic E-state index is 0.00806. The van der Waals surface area contributed by atoms with Crippen LogP contribution >= 0.6 is 11.3 Å². The van der Waals surface area contributed by atoms with Gasteiger partial charge in [0.1, 0.15) is 10.9 Å². The quantitative estimate of drug-likeness (QED) is 0.478. The van der Waals surface area contributed by atoms with E-state index in [2.05, 4.69) is 29.5 Å². The second-order valence-electron chi connectivity index (χ2n) is 12.0. The molecule has 1 saturated carbocycles. The molecule has 4 amide bonds. The lowest BCUT2D eigenvalue weighted by atomic mass is 9.70. The summed E-state index contributed by atoms with van der Waals surface area (Å²) in [6.07, 6.45) is 1.80. The predicted molar refractivity (Wildman–Crippen MR) is 149 cm³/mol. The Morgan fingerprint density at radius 2 is 1.77 bits per heavy atom. The van der Waals surface area contributed by atoms with Gasteiger partial charge in [0.15, 0.2) is 0 Å². The summed E-state index contributed by atoms with van der Waals surface area (Å²) in [5.74, 6) is -1.30. The largest absolute Gasteiger partial charge is 0.371 e. The summed E-state index contributed by atoms with van der Waals surface area (Å²) in [5, 5.41) is 5.56. The molecule has 1 aliphatic carbocycles. The second-order valence-corrected chi connectivity index (χ2v) is 12.9. The van der Waals surface area contributed by atoms with Gasteiger partial charge < -0.3 is 25.2 Å². The van der Waals surface area contributed by atoms with Crippen LogP contribution in [-0.4, -0.2) is 83.8 Å². The van der Waals surface area contributed by atoms with Gasteiger partial charge in [0.2, 0.25) is 17.7 Å². The minimum Gasteiger partial charge on any atom is -0.371 e. The van der Waals surface area contributed by atoms with Crippen LogP contribution in [0.5, 0.6) is 0 Å². The Labute approximate surface area is 238 Å². The Bertz CT molecular complexity index is 1260. The van der Waals surface area contributed by atoms with E-state index in [4.69, 9.17) is 4.74 Å². The maximum absolute atomic E-state index is 13.8. The highest BCUT2D eigenvalue weighted by molar-refractivity contribution is 7.11. The van der Waals surface area contributed by atoms with Crippen LogP contribution in [0.15, 0.2) is 42.0 Å². The summed E-state index contributed by atoms with van der Waals surface area (Å²) in [6.45, 7) is 7.63. The van der Waals surface area contributed by atoms with Crippen molar-refractivity contribution in [2.45, 2.75) is 45.9 Å². The van der Waals surface area contributed by atoms with Gasteiger partial charge in [-0.25, -0.2) is 0 Å². The van der Waals surface area contributed by atoms with Gasteiger partial charge >= 0.3 is 0 Å². The van der Waals surface area contributed by atoms with Crippen LogP contribution in [0.1, 0.15) is 42.4 Å². The van der Waals surface area contributed by atoms with E-state index >= 15 is 0 Å². The van der Waals surface area contributed by atoms with Crippen LogP contribution in [0.2, 0.25) is 0 Å². The SMILES string of the molecule is CNC(=O)[C@@H](NC(=O)[C@H]1CN(C(=O)c2cncs2)CC12CN(C(=O)[C@H]1CC1(C)C)C2)[C@@H](C)OCc1ccccc1. The molecule has 2 saturated heterocycles. The first-order valence-corrected chi connectivity index (χ1v) is 14.6. The molecule has 0 unspecified atom stereocenters. The molecular weight excluding hydrogens is 530 g/mol. The Morgan fingerprint density at radius 3 is 2.38 bits per heavy atom. The van der Waals surface area contributed by atoms with Crippen molar-refractivity contribution in [2.24, 2.45) is 22.7 Å². The highest BCUT2D eigenvalue weighted by Gasteiger charge is 2.62. The van der Waals surface area contributed by atoms with Gasteiger partial charge in [-0.3, -0.25) is 24.2 Å². The lowest BCUT2D eigenvalue weighted by Crippen LogP contribution is -2.65. The lowest BCUT2D eigenvalue weighted by molar-refractivity contribution is -0.152. The summed E-state index contributed by atoms with van der Waals surface area (Å²) in [4.78, 5) is 61.0. The van der Waals surface area contributed by atoms with E-state index in [9.17, 15) is 19.2 Å². The Kier molecular flexibility index (Phi) is 7.71. The Balaban J connectivity index is 1.31. The molecule has 1 aromatic heterocycles. The predicted octanol–water partition coefficient (Wildman–Crippen LogP) is 1.93. The molecule has 11 heteroatoms. The molecule has 4 atom stereocenters. The van der Waals surface area contributed by atoms with Gasteiger partial charge in [0, 0.05) is 44.6 Å². The number of amides is 4. The van der Waals surface area contributed by atoms with Crippen molar-refractivity contribution in [3.05, 3.63) is 52.5 Å². The fourth-order valence-corrected chi connectivity index (χ4v) is 6.55. The van der Waals surface area contributed by atoms with Gasteiger partial charge in [0.05, 0.1) is 30.3 Å². The number of likely N-dealkylation sites (N-methyl/N-ethyl adjacent to an activating group) is 1. The molecule has 3 aliphatic rings. The van der Waals surface area contributed by atoms with Crippen molar-refractivity contribution in [1.29, 1.82) is 0 Å². The second kappa shape index (κ2) is 10.9. The normalized spacial score (nSPS) is 23.7. The smallest absolute Gasteiger partial charge is 0.265 e. The summed E-state index contributed by atoms with van der Waals surface area (Å²) in [5.41, 5.74) is 2.01. The van der Waals surface area contributed by atoms with Crippen molar-refractivity contribution >= 4 is 35.0 Å². The van der Waals surface area contributed by atoms with Crippen molar-refractivity contribution in [3.8, 4) is 0 Å². The van der Waals surface area contributed by atoms with Crippen molar-refractivity contribution in [1.82, 2.24) is 25.4 Å². The number of thiazole rings is 1. The molecule has 3 fully saturated rings. The zero-order valence-electron chi connectivity index (χ0n) is 23.4. The lowest BCUT2D eigenvalue weighted by Gasteiger charge is -2.50. The maximum Gasteiger partial charge on any atom is 0.265 e. The average Bonchev–Trinajstić information content (AvgIpc) is 3.30. The summed E-state index contributed by atoms with van der Waals surface area (Å²) in [7, 11) is 1.52. The molecule has 5 rings (SSSR count).